The molecule has 1 atom stereocenters. The molecule has 1 saturated carbocycles. The van der Waals surface area contributed by atoms with Gasteiger partial charge in [0, 0.05) is 30.3 Å². The molecule has 1 fully saturated rings. The topological polar surface area (TPSA) is 103 Å². The van der Waals surface area contributed by atoms with Gasteiger partial charge in [-0.3, -0.25) is 10.1 Å². The van der Waals surface area contributed by atoms with Gasteiger partial charge in [0.25, 0.3) is 5.91 Å². The molecule has 0 aliphatic heterocycles. The first-order chi connectivity index (χ1) is 17.6. The second-order valence-electron chi connectivity index (χ2n) is 8.62. The van der Waals surface area contributed by atoms with Crippen LogP contribution >= 0.6 is 0 Å². The summed E-state index contributed by atoms with van der Waals surface area (Å²) >= 11 is 0. The number of carbonyl (C=O) groups is 2. The first-order valence-corrected chi connectivity index (χ1v) is 11.9. The summed E-state index contributed by atoms with van der Waals surface area (Å²) in [6.07, 6.45) is 2.49. The van der Waals surface area contributed by atoms with Crippen molar-refractivity contribution in [3.63, 3.8) is 0 Å². The molecule has 36 heavy (non-hydrogen) atoms. The maximum atomic E-state index is 12.8. The largest absolute Gasteiger partial charge is 0.490 e. The van der Waals surface area contributed by atoms with Gasteiger partial charge in [-0.05, 0) is 48.7 Å². The van der Waals surface area contributed by atoms with Crippen molar-refractivity contribution in [2.24, 2.45) is 0 Å². The molecule has 5 rings (SSSR count). The van der Waals surface area contributed by atoms with E-state index >= 15 is 0 Å². The normalized spacial score (nSPS) is 13.8. The Balaban J connectivity index is 1.20. The van der Waals surface area contributed by atoms with Crippen LogP contribution in [0, 0.1) is 0 Å². The minimum atomic E-state index is -0.606. The highest BCUT2D eigenvalue weighted by molar-refractivity contribution is 5.95. The van der Waals surface area contributed by atoms with Crippen molar-refractivity contribution >= 4 is 23.0 Å². The molecule has 1 amide bonds. The molecule has 8 nitrogen and oxygen atoms in total. The fourth-order valence-corrected chi connectivity index (χ4v) is 3.87. The maximum absolute atomic E-state index is 12.8. The first kappa shape index (κ1) is 23.6. The van der Waals surface area contributed by atoms with Crippen LogP contribution in [-0.2, 0) is 9.53 Å². The summed E-state index contributed by atoms with van der Waals surface area (Å²) in [5, 5.41) is 6.02. The number of oxazole rings is 1. The van der Waals surface area contributed by atoms with Gasteiger partial charge >= 0.3 is 5.97 Å². The number of hydrogen-bond donors (Lipinski definition) is 2. The van der Waals surface area contributed by atoms with Gasteiger partial charge in [-0.2, -0.15) is 0 Å². The Kier molecular flexibility index (Phi) is 6.95. The van der Waals surface area contributed by atoms with Gasteiger partial charge < -0.3 is 19.2 Å². The molecule has 0 saturated heterocycles. The van der Waals surface area contributed by atoms with E-state index in [0.717, 1.165) is 24.2 Å². The highest BCUT2D eigenvalue weighted by Gasteiger charge is 2.24. The van der Waals surface area contributed by atoms with Crippen molar-refractivity contribution in [1.29, 1.82) is 0 Å². The predicted octanol–water partition coefficient (Wildman–Crippen LogP) is 4.27. The Labute approximate surface area is 208 Å². The first-order valence-electron chi connectivity index (χ1n) is 11.9. The molecule has 8 heteroatoms. The summed E-state index contributed by atoms with van der Waals surface area (Å²) in [7, 11) is 1.35. The summed E-state index contributed by atoms with van der Waals surface area (Å²) < 4.78 is 16.7. The Morgan fingerprint density at radius 2 is 1.86 bits per heavy atom. The number of ether oxygens (including phenoxy) is 2. The van der Waals surface area contributed by atoms with Crippen molar-refractivity contribution < 1.29 is 23.5 Å². The third-order valence-corrected chi connectivity index (χ3v) is 5.89. The Morgan fingerprint density at radius 3 is 2.64 bits per heavy atom. The highest BCUT2D eigenvalue weighted by atomic mass is 16.5. The zero-order valence-corrected chi connectivity index (χ0v) is 19.9. The van der Waals surface area contributed by atoms with Crippen molar-refractivity contribution in [1.82, 2.24) is 15.6 Å². The van der Waals surface area contributed by atoms with Crippen LogP contribution in [0.5, 0.6) is 5.75 Å². The van der Waals surface area contributed by atoms with Crippen LogP contribution in [0.4, 0.5) is 0 Å². The second kappa shape index (κ2) is 10.6. The van der Waals surface area contributed by atoms with E-state index in [-0.39, 0.29) is 11.9 Å². The quantitative estimate of drug-likeness (QED) is 0.255. The van der Waals surface area contributed by atoms with Crippen molar-refractivity contribution in [3.05, 3.63) is 83.9 Å². The van der Waals surface area contributed by atoms with Crippen LogP contribution in [0.3, 0.4) is 0 Å². The maximum Gasteiger partial charge on any atom is 0.327 e. The van der Waals surface area contributed by atoms with E-state index in [0.29, 0.717) is 47.3 Å². The number of carbonyl (C=O) groups excluding carboxylic acids is 2. The summed E-state index contributed by atoms with van der Waals surface area (Å²) in [6, 6.07) is 21.4. The highest BCUT2D eigenvalue weighted by Crippen LogP contribution is 2.31. The minimum absolute atomic E-state index is 0.232. The van der Waals surface area contributed by atoms with Crippen LogP contribution in [0.1, 0.15) is 34.8 Å². The summed E-state index contributed by atoms with van der Waals surface area (Å²) in [5.74, 6) is 0.607. The Bertz CT molecular complexity index is 1360. The van der Waals surface area contributed by atoms with Gasteiger partial charge in [-0.15, -0.1) is 0 Å². The zero-order valence-electron chi connectivity index (χ0n) is 19.9. The monoisotopic (exact) mass is 485 g/mol. The fraction of sp³-hybridized carbons (Fsp3) is 0.250. The standard InChI is InChI=1S/C28H27N3O5/c1-34-28(33)25(18-6-3-2-4-7-18)29-14-15-30-26(32)19-8-5-9-20(16-19)27-31-23-17-22(35-21-10-11-21)12-13-24(23)36-27/h2-9,12-13,16-17,21,25,29H,10-11,14-15H2,1H3,(H,30,32). The molecule has 2 N–H and O–H groups in total. The number of aromatic nitrogens is 1. The molecule has 1 heterocycles. The third-order valence-electron chi connectivity index (χ3n) is 5.89. The number of rotatable bonds is 10. The van der Waals surface area contributed by atoms with E-state index in [4.69, 9.17) is 13.9 Å². The molecule has 184 valence electrons. The molecular formula is C28H27N3O5. The summed E-state index contributed by atoms with van der Waals surface area (Å²) in [5.41, 5.74) is 3.36. The zero-order chi connectivity index (χ0) is 24.9. The minimum Gasteiger partial charge on any atom is -0.490 e. The number of nitrogens with one attached hydrogen (secondary N) is 2. The number of nitrogens with zero attached hydrogens (tertiary/aromatic N) is 1. The lowest BCUT2D eigenvalue weighted by Crippen LogP contribution is -2.36. The third kappa shape index (κ3) is 5.55. The Hall–Kier alpha value is -4.17. The van der Waals surface area contributed by atoms with Gasteiger partial charge in [0.05, 0.1) is 13.2 Å². The van der Waals surface area contributed by atoms with E-state index in [2.05, 4.69) is 15.6 Å². The van der Waals surface area contributed by atoms with E-state index in [1.165, 1.54) is 7.11 Å². The molecule has 0 bridgehead atoms. The van der Waals surface area contributed by atoms with Gasteiger partial charge in [0.15, 0.2) is 5.58 Å². The van der Waals surface area contributed by atoms with Gasteiger partial charge in [-0.25, -0.2) is 9.78 Å². The second-order valence-corrected chi connectivity index (χ2v) is 8.62. The van der Waals surface area contributed by atoms with E-state index < -0.39 is 6.04 Å². The average Bonchev–Trinajstić information content (AvgIpc) is 3.63. The fourth-order valence-electron chi connectivity index (χ4n) is 3.87. The number of hydrogen-bond acceptors (Lipinski definition) is 7. The van der Waals surface area contributed by atoms with Crippen LogP contribution in [0.25, 0.3) is 22.6 Å². The summed E-state index contributed by atoms with van der Waals surface area (Å²) in [6.45, 7) is 0.715. The lowest BCUT2D eigenvalue weighted by atomic mass is 10.1. The smallest absolute Gasteiger partial charge is 0.327 e. The van der Waals surface area contributed by atoms with Crippen LogP contribution in [0.2, 0.25) is 0 Å². The van der Waals surface area contributed by atoms with Crippen LogP contribution in [-0.4, -0.2) is 43.2 Å². The van der Waals surface area contributed by atoms with Crippen molar-refractivity contribution in [2.45, 2.75) is 25.0 Å². The van der Waals surface area contributed by atoms with Gasteiger partial charge in [0.1, 0.15) is 17.3 Å². The molecular weight excluding hydrogens is 458 g/mol. The van der Waals surface area contributed by atoms with Crippen LogP contribution < -0.4 is 15.4 Å². The number of benzene rings is 3. The average molecular weight is 486 g/mol. The molecule has 0 spiro atoms. The molecule has 1 aliphatic rings. The molecule has 0 radical (unpaired) electrons. The van der Waals surface area contributed by atoms with Crippen LogP contribution in [0.15, 0.2) is 77.2 Å². The van der Waals surface area contributed by atoms with Gasteiger partial charge in [-0.1, -0.05) is 36.4 Å². The van der Waals surface area contributed by atoms with E-state index in [1.807, 2.05) is 54.6 Å². The van der Waals surface area contributed by atoms with Crippen molar-refractivity contribution in [2.75, 3.05) is 20.2 Å². The summed E-state index contributed by atoms with van der Waals surface area (Å²) in [4.78, 5) is 29.5. The molecule has 1 aliphatic carbocycles. The lowest BCUT2D eigenvalue weighted by molar-refractivity contribution is -0.143. The van der Waals surface area contributed by atoms with E-state index in [1.54, 1.807) is 18.2 Å². The van der Waals surface area contributed by atoms with Gasteiger partial charge in [0.2, 0.25) is 5.89 Å². The number of amides is 1. The lowest BCUT2D eigenvalue weighted by Gasteiger charge is -2.17. The predicted molar refractivity (Wildman–Crippen MR) is 135 cm³/mol. The molecule has 4 aromatic rings. The molecule has 3 aromatic carbocycles. The van der Waals surface area contributed by atoms with Crippen molar-refractivity contribution in [3.8, 4) is 17.2 Å². The molecule has 1 aromatic heterocycles. The number of fused-ring (bicyclic) bond motifs is 1. The number of esters is 1. The SMILES string of the molecule is COC(=O)C(NCCNC(=O)c1cccc(-c2nc3cc(OC4CC4)ccc3o2)c1)c1ccccc1. The van der Waals surface area contributed by atoms with E-state index in [9.17, 15) is 9.59 Å². The Morgan fingerprint density at radius 1 is 1.03 bits per heavy atom. The molecule has 1 unspecified atom stereocenters. The number of methoxy groups -OCH3 is 1.